The summed E-state index contributed by atoms with van der Waals surface area (Å²) in [7, 11) is 4.02. The predicted molar refractivity (Wildman–Crippen MR) is 66.5 cm³/mol. The molecular weight excluding hydrogens is 222 g/mol. The summed E-state index contributed by atoms with van der Waals surface area (Å²) in [6.07, 6.45) is 3.10. The average molecular weight is 239 g/mol. The molecule has 0 amide bonds. The van der Waals surface area contributed by atoms with Crippen LogP contribution >= 0.6 is 12.2 Å². The Kier molecular flexibility index (Phi) is 3.25. The lowest BCUT2D eigenvalue weighted by atomic mass is 10.2. The Labute approximate surface area is 99.9 Å². The van der Waals surface area contributed by atoms with Crippen molar-refractivity contribution in [3.8, 4) is 0 Å². The van der Waals surface area contributed by atoms with Crippen LogP contribution in [0.15, 0.2) is 4.79 Å². The van der Waals surface area contributed by atoms with E-state index in [9.17, 15) is 4.79 Å². The van der Waals surface area contributed by atoms with Crippen molar-refractivity contribution < 1.29 is 0 Å². The van der Waals surface area contributed by atoms with Gasteiger partial charge >= 0.3 is 5.69 Å². The number of likely N-dealkylation sites (N-methyl/N-ethyl adjacent to an activating group) is 1. The monoisotopic (exact) mass is 239 g/mol. The number of rotatable bonds is 3. The molecular formula is C11H17N3OS. The van der Waals surface area contributed by atoms with E-state index in [-0.39, 0.29) is 5.69 Å². The molecule has 1 aromatic rings. The van der Waals surface area contributed by atoms with Gasteiger partial charge in [0.2, 0.25) is 0 Å². The van der Waals surface area contributed by atoms with Crippen molar-refractivity contribution in [3.63, 3.8) is 0 Å². The maximum Gasteiger partial charge on any atom is 0.326 e. The standard InChI is InChI=1S/C11H17N3OS/c1-13(2)6-7-14-9-5-3-4-8(9)10(16)12-11(14)15/h3-7H2,1-2H3,(H,12,15,16). The highest BCUT2D eigenvalue weighted by atomic mass is 32.1. The first kappa shape index (κ1) is 11.5. The van der Waals surface area contributed by atoms with Gasteiger partial charge < -0.3 is 4.90 Å². The van der Waals surface area contributed by atoms with Crippen LogP contribution in [0.1, 0.15) is 17.7 Å². The first-order valence-corrected chi connectivity index (χ1v) is 6.00. The summed E-state index contributed by atoms with van der Waals surface area (Å²) in [6.45, 7) is 1.61. The molecule has 1 N–H and O–H groups in total. The zero-order valence-electron chi connectivity index (χ0n) is 9.75. The molecule has 0 radical (unpaired) electrons. The first-order valence-electron chi connectivity index (χ1n) is 5.59. The third-order valence-electron chi connectivity index (χ3n) is 3.03. The van der Waals surface area contributed by atoms with Gasteiger partial charge in [0.1, 0.15) is 4.64 Å². The highest BCUT2D eigenvalue weighted by Gasteiger charge is 2.17. The minimum Gasteiger partial charge on any atom is -0.308 e. The smallest absolute Gasteiger partial charge is 0.308 e. The topological polar surface area (TPSA) is 41.0 Å². The molecule has 0 saturated carbocycles. The summed E-state index contributed by atoms with van der Waals surface area (Å²) in [5.41, 5.74) is 2.26. The number of nitrogens with zero attached hydrogens (tertiary/aromatic N) is 2. The van der Waals surface area contributed by atoms with Gasteiger partial charge in [-0.05, 0) is 33.4 Å². The van der Waals surface area contributed by atoms with E-state index in [1.807, 2.05) is 18.7 Å². The number of fused-ring (bicyclic) bond motifs is 1. The molecule has 2 rings (SSSR count). The number of aromatic nitrogens is 2. The van der Waals surface area contributed by atoms with Crippen molar-refractivity contribution >= 4 is 12.2 Å². The van der Waals surface area contributed by atoms with E-state index in [2.05, 4.69) is 9.88 Å². The molecule has 0 atom stereocenters. The third kappa shape index (κ3) is 2.10. The van der Waals surface area contributed by atoms with Crippen molar-refractivity contribution in [2.45, 2.75) is 25.8 Å². The Bertz CT molecular complexity index is 501. The van der Waals surface area contributed by atoms with Gasteiger partial charge in [-0.25, -0.2) is 4.79 Å². The maximum atomic E-state index is 11.8. The molecule has 1 heterocycles. The number of hydrogen-bond acceptors (Lipinski definition) is 3. The Morgan fingerprint density at radius 1 is 1.44 bits per heavy atom. The van der Waals surface area contributed by atoms with Crippen LogP contribution in [-0.4, -0.2) is 35.1 Å². The molecule has 0 aliphatic heterocycles. The van der Waals surface area contributed by atoms with Gasteiger partial charge in [-0.2, -0.15) is 0 Å². The molecule has 0 unspecified atom stereocenters. The Balaban J connectivity index is 2.41. The molecule has 1 aromatic heterocycles. The number of H-pyrrole nitrogens is 1. The fourth-order valence-electron chi connectivity index (χ4n) is 2.17. The summed E-state index contributed by atoms with van der Waals surface area (Å²) in [5, 5.41) is 0. The van der Waals surface area contributed by atoms with Crippen molar-refractivity contribution in [1.29, 1.82) is 0 Å². The second-order valence-electron chi connectivity index (χ2n) is 4.49. The van der Waals surface area contributed by atoms with E-state index >= 15 is 0 Å². The lowest BCUT2D eigenvalue weighted by Crippen LogP contribution is -2.31. The molecule has 0 bridgehead atoms. The first-order chi connectivity index (χ1) is 7.59. The lowest BCUT2D eigenvalue weighted by molar-refractivity contribution is 0.376. The summed E-state index contributed by atoms with van der Waals surface area (Å²) in [4.78, 5) is 16.7. The number of nitrogens with one attached hydrogen (secondary N) is 1. The molecule has 0 spiro atoms. The van der Waals surface area contributed by atoms with Gasteiger partial charge in [0, 0.05) is 24.3 Å². The second-order valence-corrected chi connectivity index (χ2v) is 4.90. The van der Waals surface area contributed by atoms with E-state index in [0.29, 0.717) is 4.64 Å². The van der Waals surface area contributed by atoms with Crippen LogP contribution < -0.4 is 5.69 Å². The molecule has 16 heavy (non-hydrogen) atoms. The van der Waals surface area contributed by atoms with Crippen molar-refractivity contribution in [3.05, 3.63) is 26.4 Å². The summed E-state index contributed by atoms with van der Waals surface area (Å²) in [5.74, 6) is 0. The minimum atomic E-state index is -0.0625. The normalized spacial score (nSPS) is 14.4. The van der Waals surface area contributed by atoms with Crippen molar-refractivity contribution in [2.75, 3.05) is 20.6 Å². The molecule has 0 aromatic carbocycles. The zero-order chi connectivity index (χ0) is 11.7. The summed E-state index contributed by atoms with van der Waals surface area (Å²) in [6, 6.07) is 0. The quantitative estimate of drug-likeness (QED) is 0.799. The van der Waals surface area contributed by atoms with E-state index in [4.69, 9.17) is 12.2 Å². The van der Waals surface area contributed by atoms with Crippen molar-refractivity contribution in [2.24, 2.45) is 0 Å². The Hall–Kier alpha value is -0.940. The highest BCUT2D eigenvalue weighted by molar-refractivity contribution is 7.71. The highest BCUT2D eigenvalue weighted by Crippen LogP contribution is 2.20. The average Bonchev–Trinajstić information content (AvgIpc) is 2.65. The molecule has 1 aliphatic carbocycles. The predicted octanol–water partition coefficient (Wildman–Crippen LogP) is 0.956. The van der Waals surface area contributed by atoms with E-state index in [1.165, 1.54) is 5.56 Å². The fraction of sp³-hybridized carbons (Fsp3) is 0.636. The molecule has 0 saturated heterocycles. The third-order valence-corrected chi connectivity index (χ3v) is 3.37. The fourth-order valence-corrected chi connectivity index (χ4v) is 2.48. The van der Waals surface area contributed by atoms with Crippen molar-refractivity contribution in [1.82, 2.24) is 14.5 Å². The van der Waals surface area contributed by atoms with Crippen LogP contribution in [0.3, 0.4) is 0 Å². The van der Waals surface area contributed by atoms with Gasteiger partial charge in [0.05, 0.1) is 0 Å². The van der Waals surface area contributed by atoms with Crippen LogP contribution in [0, 0.1) is 4.64 Å². The van der Waals surface area contributed by atoms with Gasteiger partial charge in [-0.1, -0.05) is 12.2 Å². The van der Waals surface area contributed by atoms with Crippen LogP contribution in [0.25, 0.3) is 0 Å². The zero-order valence-corrected chi connectivity index (χ0v) is 10.6. The molecule has 0 fully saturated rings. The SMILES string of the molecule is CN(C)CCn1c2c(c(=S)[nH]c1=O)CCC2. The summed E-state index contributed by atoms with van der Waals surface area (Å²) < 4.78 is 2.48. The second kappa shape index (κ2) is 4.51. The lowest BCUT2D eigenvalue weighted by Gasteiger charge is -2.14. The maximum absolute atomic E-state index is 11.8. The Morgan fingerprint density at radius 3 is 2.88 bits per heavy atom. The molecule has 88 valence electrons. The Morgan fingerprint density at radius 2 is 2.19 bits per heavy atom. The number of aromatic amines is 1. The van der Waals surface area contributed by atoms with E-state index in [1.54, 1.807) is 0 Å². The van der Waals surface area contributed by atoms with Gasteiger partial charge in [0.15, 0.2) is 0 Å². The molecule has 5 heteroatoms. The number of hydrogen-bond donors (Lipinski definition) is 1. The van der Waals surface area contributed by atoms with Gasteiger partial charge in [0.25, 0.3) is 0 Å². The van der Waals surface area contributed by atoms with Crippen LogP contribution in [0.5, 0.6) is 0 Å². The summed E-state index contributed by atoms with van der Waals surface area (Å²) >= 11 is 5.18. The minimum absolute atomic E-state index is 0.0625. The van der Waals surface area contributed by atoms with Gasteiger partial charge in [-0.15, -0.1) is 0 Å². The van der Waals surface area contributed by atoms with Gasteiger partial charge in [-0.3, -0.25) is 9.55 Å². The van der Waals surface area contributed by atoms with Crippen LogP contribution in [0.4, 0.5) is 0 Å². The van der Waals surface area contributed by atoms with E-state index < -0.39 is 0 Å². The molecule has 1 aliphatic rings. The van der Waals surface area contributed by atoms with Crippen LogP contribution in [0.2, 0.25) is 0 Å². The van der Waals surface area contributed by atoms with Crippen LogP contribution in [-0.2, 0) is 19.4 Å². The molecule has 4 nitrogen and oxygen atoms in total. The largest absolute Gasteiger partial charge is 0.326 e. The van der Waals surface area contributed by atoms with E-state index in [0.717, 1.165) is 38.0 Å².